The van der Waals surface area contributed by atoms with Gasteiger partial charge in [-0.2, -0.15) is 0 Å². The lowest BCUT2D eigenvalue weighted by atomic mass is 10.2. The van der Waals surface area contributed by atoms with Gasteiger partial charge < -0.3 is 0 Å². The van der Waals surface area contributed by atoms with E-state index >= 15 is 0 Å². The molecule has 0 atom stereocenters. The Bertz CT molecular complexity index is 86.9. The maximum absolute atomic E-state index is 4.91. The molecule has 0 aromatic heterocycles. The molecular formula is C7H14S2. The van der Waals surface area contributed by atoms with Crippen LogP contribution in [0, 0.1) is 5.92 Å². The molecule has 0 aliphatic carbocycles. The standard InChI is InChI=1S/C7H14S2/c1-6(2)4-5-9-7(3)8/h6H,4-5H2,1-3H3. The molecule has 0 aliphatic rings. The Morgan fingerprint density at radius 2 is 2.11 bits per heavy atom. The largest absolute Gasteiger partial charge is 0.119 e. The average Bonchev–Trinajstić information content (AvgIpc) is 1.63. The lowest BCUT2D eigenvalue weighted by Crippen LogP contribution is -1.90. The van der Waals surface area contributed by atoms with Gasteiger partial charge in [0.15, 0.2) is 0 Å². The van der Waals surface area contributed by atoms with Gasteiger partial charge in [-0.05, 0) is 25.0 Å². The summed E-state index contributed by atoms with van der Waals surface area (Å²) in [7, 11) is 0. The molecule has 0 heterocycles. The van der Waals surface area contributed by atoms with Crippen molar-refractivity contribution in [3.8, 4) is 0 Å². The van der Waals surface area contributed by atoms with Gasteiger partial charge in [-0.1, -0.05) is 26.1 Å². The predicted octanol–water partition coefficient (Wildman–Crippen LogP) is 3.11. The van der Waals surface area contributed by atoms with E-state index in [4.69, 9.17) is 12.2 Å². The van der Waals surface area contributed by atoms with Gasteiger partial charge in [-0.25, -0.2) is 0 Å². The summed E-state index contributed by atoms with van der Waals surface area (Å²) in [5, 5.41) is 0. The van der Waals surface area contributed by atoms with Gasteiger partial charge in [0.1, 0.15) is 0 Å². The lowest BCUT2D eigenvalue weighted by Gasteiger charge is -2.01. The van der Waals surface area contributed by atoms with Crippen LogP contribution in [-0.4, -0.2) is 9.95 Å². The molecule has 0 nitrogen and oxygen atoms in total. The van der Waals surface area contributed by atoms with E-state index in [-0.39, 0.29) is 0 Å². The topological polar surface area (TPSA) is 0 Å². The zero-order valence-electron chi connectivity index (χ0n) is 6.31. The van der Waals surface area contributed by atoms with Crippen molar-refractivity contribution in [2.45, 2.75) is 27.2 Å². The van der Waals surface area contributed by atoms with Crippen molar-refractivity contribution in [3.05, 3.63) is 0 Å². The SMILES string of the molecule is CC(=S)SCCC(C)C. The minimum Gasteiger partial charge on any atom is -0.119 e. The summed E-state index contributed by atoms with van der Waals surface area (Å²) in [6.45, 7) is 6.46. The van der Waals surface area contributed by atoms with Crippen molar-refractivity contribution in [2.75, 3.05) is 5.75 Å². The van der Waals surface area contributed by atoms with Gasteiger partial charge >= 0.3 is 0 Å². The molecule has 0 fully saturated rings. The summed E-state index contributed by atoms with van der Waals surface area (Å²) in [6, 6.07) is 0. The second-order valence-corrected chi connectivity index (χ2v) is 4.70. The fourth-order valence-electron chi connectivity index (χ4n) is 0.438. The Morgan fingerprint density at radius 1 is 1.56 bits per heavy atom. The van der Waals surface area contributed by atoms with Crippen LogP contribution < -0.4 is 0 Å². The first-order chi connectivity index (χ1) is 4.13. The molecule has 0 aromatic carbocycles. The van der Waals surface area contributed by atoms with E-state index in [0.717, 1.165) is 10.1 Å². The van der Waals surface area contributed by atoms with E-state index in [1.54, 1.807) is 11.8 Å². The first-order valence-corrected chi connectivity index (χ1v) is 4.65. The summed E-state index contributed by atoms with van der Waals surface area (Å²) < 4.78 is 1.07. The van der Waals surface area contributed by atoms with Crippen molar-refractivity contribution in [1.82, 2.24) is 0 Å². The molecule has 0 rings (SSSR count). The highest BCUT2D eigenvalue weighted by Gasteiger charge is 1.93. The molecule has 0 saturated carbocycles. The Balaban J connectivity index is 3.01. The molecule has 0 aromatic rings. The predicted molar refractivity (Wildman–Crippen MR) is 50.2 cm³/mol. The Hall–Kier alpha value is 0.440. The highest BCUT2D eigenvalue weighted by Crippen LogP contribution is 2.09. The van der Waals surface area contributed by atoms with E-state index in [2.05, 4.69) is 13.8 Å². The Labute approximate surface area is 67.4 Å². The van der Waals surface area contributed by atoms with E-state index < -0.39 is 0 Å². The van der Waals surface area contributed by atoms with Crippen LogP contribution in [0.4, 0.5) is 0 Å². The van der Waals surface area contributed by atoms with E-state index in [9.17, 15) is 0 Å². The molecule has 54 valence electrons. The molecule has 0 spiro atoms. The van der Waals surface area contributed by atoms with E-state index in [1.165, 1.54) is 12.2 Å². The normalized spacial score (nSPS) is 10.2. The van der Waals surface area contributed by atoms with Crippen molar-refractivity contribution < 1.29 is 0 Å². The highest BCUT2D eigenvalue weighted by molar-refractivity contribution is 8.23. The second-order valence-electron chi connectivity index (χ2n) is 2.52. The number of thioether (sulfide) groups is 1. The first-order valence-electron chi connectivity index (χ1n) is 3.26. The monoisotopic (exact) mass is 162 g/mol. The number of rotatable bonds is 3. The van der Waals surface area contributed by atoms with Gasteiger partial charge in [-0.3, -0.25) is 0 Å². The average molecular weight is 162 g/mol. The fraction of sp³-hybridized carbons (Fsp3) is 0.857. The summed E-state index contributed by atoms with van der Waals surface area (Å²) in [6.07, 6.45) is 1.28. The molecule has 0 aliphatic heterocycles. The number of hydrogen-bond acceptors (Lipinski definition) is 2. The van der Waals surface area contributed by atoms with Crippen LogP contribution in [0.2, 0.25) is 0 Å². The molecule has 0 bridgehead atoms. The van der Waals surface area contributed by atoms with E-state index in [1.807, 2.05) is 6.92 Å². The Kier molecular flexibility index (Phi) is 5.50. The van der Waals surface area contributed by atoms with Gasteiger partial charge in [0, 0.05) is 4.20 Å². The molecule has 9 heavy (non-hydrogen) atoms. The van der Waals surface area contributed by atoms with Gasteiger partial charge in [-0.15, -0.1) is 11.8 Å². The maximum Gasteiger partial charge on any atom is 0.0447 e. The first kappa shape index (κ1) is 9.44. The summed E-state index contributed by atoms with van der Waals surface area (Å²) in [4.78, 5) is 0. The number of thiocarbonyl (C=S) groups is 1. The zero-order valence-corrected chi connectivity index (χ0v) is 7.94. The van der Waals surface area contributed by atoms with Crippen LogP contribution in [0.25, 0.3) is 0 Å². The lowest BCUT2D eigenvalue weighted by molar-refractivity contribution is 0.632. The van der Waals surface area contributed by atoms with Gasteiger partial charge in [0.05, 0.1) is 0 Å². The zero-order chi connectivity index (χ0) is 7.28. The van der Waals surface area contributed by atoms with E-state index in [0.29, 0.717) is 0 Å². The van der Waals surface area contributed by atoms with Crippen molar-refractivity contribution >= 4 is 28.2 Å². The summed E-state index contributed by atoms with van der Waals surface area (Å²) in [5.74, 6) is 2.00. The summed E-state index contributed by atoms with van der Waals surface area (Å²) in [5.41, 5.74) is 0. The number of hydrogen-bond donors (Lipinski definition) is 0. The van der Waals surface area contributed by atoms with Crippen LogP contribution in [0.3, 0.4) is 0 Å². The summed E-state index contributed by atoms with van der Waals surface area (Å²) >= 11 is 6.70. The van der Waals surface area contributed by atoms with Crippen molar-refractivity contribution in [3.63, 3.8) is 0 Å². The third kappa shape index (κ3) is 8.44. The maximum atomic E-state index is 4.91. The minimum absolute atomic E-state index is 0.812. The van der Waals surface area contributed by atoms with Gasteiger partial charge in [0.25, 0.3) is 0 Å². The molecule has 0 amide bonds. The smallest absolute Gasteiger partial charge is 0.0447 e. The molecule has 2 heteroatoms. The van der Waals surface area contributed by atoms with Crippen molar-refractivity contribution in [2.24, 2.45) is 5.92 Å². The van der Waals surface area contributed by atoms with Crippen LogP contribution in [-0.2, 0) is 0 Å². The highest BCUT2D eigenvalue weighted by atomic mass is 32.2. The Morgan fingerprint density at radius 3 is 2.44 bits per heavy atom. The quantitative estimate of drug-likeness (QED) is 0.585. The van der Waals surface area contributed by atoms with Crippen molar-refractivity contribution in [1.29, 1.82) is 0 Å². The molecular weight excluding hydrogens is 148 g/mol. The fourth-order valence-corrected chi connectivity index (χ4v) is 1.57. The van der Waals surface area contributed by atoms with Crippen LogP contribution in [0.5, 0.6) is 0 Å². The van der Waals surface area contributed by atoms with Crippen LogP contribution in [0.1, 0.15) is 27.2 Å². The third-order valence-corrected chi connectivity index (χ3v) is 2.20. The van der Waals surface area contributed by atoms with Crippen LogP contribution in [0.15, 0.2) is 0 Å². The van der Waals surface area contributed by atoms with Crippen LogP contribution >= 0.6 is 24.0 Å². The molecule has 0 unspecified atom stereocenters. The minimum atomic E-state index is 0.812. The molecule has 0 radical (unpaired) electrons. The second kappa shape index (κ2) is 5.24. The third-order valence-electron chi connectivity index (χ3n) is 1.00. The van der Waals surface area contributed by atoms with Gasteiger partial charge in [0.2, 0.25) is 0 Å². The molecule has 0 saturated heterocycles. The molecule has 0 N–H and O–H groups in total.